The molecule has 7 heteroatoms. The van der Waals surface area contributed by atoms with Crippen LogP contribution in [0.15, 0.2) is 47.9 Å². The van der Waals surface area contributed by atoms with E-state index in [2.05, 4.69) is 46.9 Å². The van der Waals surface area contributed by atoms with Crippen LogP contribution in [0.4, 0.5) is 0 Å². The van der Waals surface area contributed by atoms with Crippen LogP contribution in [-0.2, 0) is 4.79 Å². The number of aryl methyl sites for hydroxylation is 1. The number of nitrogens with zero attached hydrogens (tertiary/aromatic N) is 3. The first kappa shape index (κ1) is 21.5. The van der Waals surface area contributed by atoms with Gasteiger partial charge in [-0.25, -0.2) is 10.5 Å². The van der Waals surface area contributed by atoms with Gasteiger partial charge in [0.25, 0.3) is 5.91 Å². The molecule has 1 fully saturated rings. The third-order valence-electron chi connectivity index (χ3n) is 5.82. The number of hydrogen-bond donors (Lipinski definition) is 2. The highest BCUT2D eigenvalue weighted by Gasteiger charge is 2.27. The minimum Gasteiger partial charge on any atom is -0.319 e. The second-order valence-corrected chi connectivity index (χ2v) is 8.79. The molecular weight excluding hydrogens is 408 g/mol. The molecule has 0 spiro atoms. The molecule has 3 aromatic rings. The van der Waals surface area contributed by atoms with Crippen molar-refractivity contribution in [3.63, 3.8) is 0 Å². The molecule has 162 valence electrons. The van der Waals surface area contributed by atoms with Gasteiger partial charge in [-0.1, -0.05) is 31.2 Å². The lowest BCUT2D eigenvalue weighted by atomic mass is 10.0. The molecule has 0 aliphatic carbocycles. The molecule has 3 heterocycles. The van der Waals surface area contributed by atoms with Crippen LogP contribution in [0, 0.1) is 6.92 Å². The Morgan fingerprint density at radius 3 is 2.97 bits per heavy atom. The maximum Gasteiger partial charge on any atom is 0.267 e. The van der Waals surface area contributed by atoms with Gasteiger partial charge in [0, 0.05) is 24.2 Å². The van der Waals surface area contributed by atoms with Gasteiger partial charge in [0.15, 0.2) is 0 Å². The number of hydrogen-bond acceptors (Lipinski definition) is 5. The standard InChI is InChI=1S/C24H28N4O2S/c1-3-27-13-5-9-20(16-27)28-23(21-10-6-14-31-21)17(2)25-24(28)19-8-4-7-18(15-19)11-12-22(29)26-30/h4,6-8,10-12,14-15,20,30H,3,5,9,13,16H2,1-2H3,(H,26,29)/t20-/m1/s1. The van der Waals surface area contributed by atoms with Crippen LogP contribution in [0.3, 0.4) is 0 Å². The molecule has 2 N–H and O–H groups in total. The second kappa shape index (κ2) is 9.60. The van der Waals surface area contributed by atoms with Crippen LogP contribution in [0.2, 0.25) is 0 Å². The summed E-state index contributed by atoms with van der Waals surface area (Å²) in [4.78, 5) is 20.1. The highest BCUT2D eigenvalue weighted by Crippen LogP contribution is 2.38. The van der Waals surface area contributed by atoms with Crippen molar-refractivity contribution in [3.8, 4) is 22.0 Å². The van der Waals surface area contributed by atoms with Gasteiger partial charge >= 0.3 is 0 Å². The number of piperidine rings is 1. The van der Waals surface area contributed by atoms with E-state index in [0.29, 0.717) is 6.04 Å². The quantitative estimate of drug-likeness (QED) is 0.332. The van der Waals surface area contributed by atoms with Gasteiger partial charge in [-0.2, -0.15) is 0 Å². The first-order valence-electron chi connectivity index (χ1n) is 10.7. The molecule has 1 aliphatic heterocycles. The number of imidazole rings is 1. The number of aromatic nitrogens is 2. The van der Waals surface area contributed by atoms with Crippen molar-refractivity contribution < 1.29 is 10.0 Å². The summed E-state index contributed by atoms with van der Waals surface area (Å²) >= 11 is 1.75. The molecular formula is C24H28N4O2S. The summed E-state index contributed by atoms with van der Waals surface area (Å²) in [5, 5.41) is 10.8. The fourth-order valence-electron chi connectivity index (χ4n) is 4.34. The van der Waals surface area contributed by atoms with Gasteiger partial charge in [0.05, 0.1) is 16.3 Å². The van der Waals surface area contributed by atoms with Crippen molar-refractivity contribution in [2.24, 2.45) is 0 Å². The summed E-state index contributed by atoms with van der Waals surface area (Å²) < 4.78 is 2.44. The summed E-state index contributed by atoms with van der Waals surface area (Å²) in [6, 6.07) is 12.6. The molecule has 2 aromatic heterocycles. The minimum atomic E-state index is -0.551. The number of amides is 1. The third kappa shape index (κ3) is 4.63. The number of carbonyl (C=O) groups is 1. The first-order chi connectivity index (χ1) is 15.1. The Balaban J connectivity index is 1.81. The Morgan fingerprint density at radius 1 is 1.35 bits per heavy atom. The lowest BCUT2D eigenvalue weighted by Gasteiger charge is -2.34. The van der Waals surface area contributed by atoms with Gasteiger partial charge < -0.3 is 9.47 Å². The number of nitrogens with one attached hydrogen (secondary N) is 1. The minimum absolute atomic E-state index is 0.362. The molecule has 0 unspecified atom stereocenters. The number of likely N-dealkylation sites (tertiary alicyclic amines) is 1. The summed E-state index contributed by atoms with van der Waals surface area (Å²) in [5.74, 6) is 0.412. The number of likely N-dealkylation sites (N-methyl/N-ethyl adjacent to an activating group) is 1. The number of rotatable bonds is 6. The molecule has 1 aromatic carbocycles. The summed E-state index contributed by atoms with van der Waals surface area (Å²) in [6.45, 7) is 7.54. The summed E-state index contributed by atoms with van der Waals surface area (Å²) in [7, 11) is 0. The number of carbonyl (C=O) groups excluding carboxylic acids is 1. The maximum absolute atomic E-state index is 11.4. The van der Waals surface area contributed by atoms with Crippen LogP contribution in [0.1, 0.15) is 37.1 Å². The highest BCUT2D eigenvalue weighted by molar-refractivity contribution is 7.13. The second-order valence-electron chi connectivity index (χ2n) is 7.84. The average Bonchev–Trinajstić information content (AvgIpc) is 3.45. The first-order valence-corrected chi connectivity index (χ1v) is 11.6. The van der Waals surface area contributed by atoms with Crippen LogP contribution >= 0.6 is 11.3 Å². The van der Waals surface area contributed by atoms with Crippen molar-refractivity contribution in [2.75, 3.05) is 19.6 Å². The van der Waals surface area contributed by atoms with E-state index in [1.54, 1.807) is 22.9 Å². The Hall–Kier alpha value is -2.74. The zero-order valence-electron chi connectivity index (χ0n) is 17.9. The highest BCUT2D eigenvalue weighted by atomic mass is 32.1. The summed E-state index contributed by atoms with van der Waals surface area (Å²) in [5.41, 5.74) is 5.76. The van der Waals surface area contributed by atoms with Gasteiger partial charge in [-0.3, -0.25) is 10.0 Å². The van der Waals surface area contributed by atoms with Gasteiger partial charge in [0.2, 0.25) is 0 Å². The third-order valence-corrected chi connectivity index (χ3v) is 6.69. The SMILES string of the molecule is CCN1CCC[C@@H](n2c(-c3cccc(C=CC(=O)NO)c3)nc(C)c2-c2cccs2)C1. The molecule has 31 heavy (non-hydrogen) atoms. The summed E-state index contributed by atoms with van der Waals surface area (Å²) in [6.07, 6.45) is 5.31. The van der Waals surface area contributed by atoms with E-state index in [4.69, 9.17) is 10.2 Å². The van der Waals surface area contributed by atoms with Crippen molar-refractivity contribution in [3.05, 3.63) is 59.1 Å². The predicted molar refractivity (Wildman–Crippen MR) is 125 cm³/mol. The van der Waals surface area contributed by atoms with Crippen LogP contribution in [-0.4, -0.2) is 45.2 Å². The normalized spacial score (nSPS) is 17.3. The lowest BCUT2D eigenvalue weighted by molar-refractivity contribution is -0.124. The molecule has 0 saturated carbocycles. The number of thiophene rings is 1. The Kier molecular flexibility index (Phi) is 6.65. The van der Waals surface area contributed by atoms with Crippen molar-refractivity contribution in [1.29, 1.82) is 0 Å². The van der Waals surface area contributed by atoms with E-state index in [-0.39, 0.29) is 0 Å². The maximum atomic E-state index is 11.4. The fraction of sp³-hybridized carbons (Fsp3) is 0.333. The van der Waals surface area contributed by atoms with Crippen LogP contribution in [0.25, 0.3) is 28.0 Å². The van der Waals surface area contributed by atoms with E-state index in [0.717, 1.165) is 48.7 Å². The molecule has 1 aliphatic rings. The van der Waals surface area contributed by atoms with E-state index < -0.39 is 5.91 Å². The lowest BCUT2D eigenvalue weighted by Crippen LogP contribution is -2.36. The van der Waals surface area contributed by atoms with Gasteiger partial charge in [-0.15, -0.1) is 11.3 Å². The van der Waals surface area contributed by atoms with Crippen molar-refractivity contribution >= 4 is 23.3 Å². The molecule has 4 rings (SSSR count). The number of hydroxylamine groups is 1. The Bertz CT molecular complexity index is 1070. The average molecular weight is 437 g/mol. The fourth-order valence-corrected chi connectivity index (χ4v) is 5.15. The van der Waals surface area contributed by atoms with E-state index in [1.807, 2.05) is 18.2 Å². The molecule has 6 nitrogen and oxygen atoms in total. The smallest absolute Gasteiger partial charge is 0.267 e. The Labute approximate surface area is 186 Å². The van der Waals surface area contributed by atoms with Gasteiger partial charge in [-0.05, 0) is 62.0 Å². The zero-order chi connectivity index (χ0) is 21.8. The van der Waals surface area contributed by atoms with E-state index >= 15 is 0 Å². The predicted octanol–water partition coefficient (Wildman–Crippen LogP) is 4.76. The van der Waals surface area contributed by atoms with Gasteiger partial charge in [0.1, 0.15) is 5.82 Å². The monoisotopic (exact) mass is 436 g/mol. The van der Waals surface area contributed by atoms with Crippen molar-refractivity contribution in [2.45, 2.75) is 32.7 Å². The van der Waals surface area contributed by atoms with Crippen LogP contribution < -0.4 is 5.48 Å². The molecule has 1 saturated heterocycles. The largest absolute Gasteiger partial charge is 0.319 e. The zero-order valence-corrected chi connectivity index (χ0v) is 18.7. The molecule has 1 amide bonds. The topological polar surface area (TPSA) is 70.4 Å². The van der Waals surface area contributed by atoms with E-state index in [1.165, 1.54) is 23.1 Å². The van der Waals surface area contributed by atoms with Crippen LogP contribution in [0.5, 0.6) is 0 Å². The molecule has 1 atom stereocenters. The molecule has 0 radical (unpaired) electrons. The Morgan fingerprint density at radius 2 is 2.23 bits per heavy atom. The van der Waals surface area contributed by atoms with Crippen molar-refractivity contribution in [1.82, 2.24) is 19.9 Å². The molecule has 0 bridgehead atoms. The van der Waals surface area contributed by atoms with E-state index in [9.17, 15) is 4.79 Å². The number of benzene rings is 1.